The molecule has 0 aliphatic carbocycles. The highest BCUT2D eigenvalue weighted by molar-refractivity contribution is 6.23. The second kappa shape index (κ2) is 6.39. The van der Waals surface area contributed by atoms with Crippen molar-refractivity contribution in [1.29, 1.82) is 0 Å². The molecule has 25 heavy (non-hydrogen) atoms. The predicted molar refractivity (Wildman–Crippen MR) is 95.8 cm³/mol. The van der Waals surface area contributed by atoms with Crippen molar-refractivity contribution in [1.82, 2.24) is 4.90 Å². The van der Waals surface area contributed by atoms with Gasteiger partial charge in [0.05, 0.1) is 11.1 Å². The molecule has 1 heterocycles. The lowest BCUT2D eigenvalue weighted by Crippen LogP contribution is -2.45. The van der Waals surface area contributed by atoms with Crippen LogP contribution in [-0.4, -0.2) is 42.8 Å². The Labute approximate surface area is 146 Å². The summed E-state index contributed by atoms with van der Waals surface area (Å²) in [5.74, 6) is -1.29. The van der Waals surface area contributed by atoms with E-state index in [2.05, 4.69) is 5.32 Å². The highest BCUT2D eigenvalue weighted by Crippen LogP contribution is 2.25. The average molecular weight is 337 g/mol. The van der Waals surface area contributed by atoms with Crippen LogP contribution in [0.3, 0.4) is 0 Å². The number of benzene rings is 2. The molecule has 0 aromatic heterocycles. The van der Waals surface area contributed by atoms with E-state index in [1.165, 1.54) is 0 Å². The maximum Gasteiger partial charge on any atom is 0.262 e. The van der Waals surface area contributed by atoms with Gasteiger partial charge in [-0.25, -0.2) is 0 Å². The third kappa shape index (κ3) is 2.98. The van der Waals surface area contributed by atoms with E-state index in [4.69, 9.17) is 0 Å². The van der Waals surface area contributed by atoms with E-state index in [1.807, 2.05) is 31.1 Å². The Bertz CT molecular complexity index is 808. The van der Waals surface area contributed by atoms with Crippen molar-refractivity contribution in [2.75, 3.05) is 24.3 Å². The van der Waals surface area contributed by atoms with Gasteiger partial charge in [-0.2, -0.15) is 0 Å². The normalized spacial score (nSPS) is 14.3. The molecule has 3 amide bonds. The number of nitrogens with zero attached hydrogens (tertiary/aromatic N) is 2. The zero-order valence-corrected chi connectivity index (χ0v) is 14.3. The zero-order valence-electron chi connectivity index (χ0n) is 14.3. The number of rotatable bonds is 4. The Balaban J connectivity index is 1.75. The summed E-state index contributed by atoms with van der Waals surface area (Å²) in [7, 11) is 3.86. The fraction of sp³-hybridized carbons (Fsp3) is 0.211. The van der Waals surface area contributed by atoms with Gasteiger partial charge in [-0.3, -0.25) is 19.3 Å². The molecule has 3 rings (SSSR count). The second-order valence-corrected chi connectivity index (χ2v) is 6.13. The van der Waals surface area contributed by atoms with Gasteiger partial charge in [-0.1, -0.05) is 12.1 Å². The van der Waals surface area contributed by atoms with Crippen molar-refractivity contribution in [2.45, 2.75) is 13.0 Å². The van der Waals surface area contributed by atoms with Crippen molar-refractivity contribution in [2.24, 2.45) is 0 Å². The van der Waals surface area contributed by atoms with E-state index in [-0.39, 0.29) is 0 Å². The number of hydrogen-bond donors (Lipinski definition) is 1. The molecular weight excluding hydrogens is 318 g/mol. The summed E-state index contributed by atoms with van der Waals surface area (Å²) in [6, 6.07) is 13.0. The predicted octanol–water partition coefficient (Wildman–Crippen LogP) is 2.38. The Morgan fingerprint density at radius 1 is 0.960 bits per heavy atom. The summed E-state index contributed by atoms with van der Waals surface area (Å²) in [4.78, 5) is 40.3. The Hall–Kier alpha value is -3.15. The molecular formula is C19H19N3O3. The number of amides is 3. The summed E-state index contributed by atoms with van der Waals surface area (Å²) < 4.78 is 0. The highest BCUT2D eigenvalue weighted by Gasteiger charge is 2.40. The van der Waals surface area contributed by atoms with Gasteiger partial charge in [-0.15, -0.1) is 0 Å². The van der Waals surface area contributed by atoms with Crippen molar-refractivity contribution in [3.05, 3.63) is 59.7 Å². The van der Waals surface area contributed by atoms with Crippen LogP contribution in [0.5, 0.6) is 0 Å². The number of imide groups is 1. The Kier molecular flexibility index (Phi) is 4.27. The van der Waals surface area contributed by atoms with E-state index in [1.54, 1.807) is 43.3 Å². The first-order valence-corrected chi connectivity index (χ1v) is 7.95. The molecule has 1 atom stereocenters. The first kappa shape index (κ1) is 16.7. The number of nitrogens with one attached hydrogen (secondary N) is 1. The largest absolute Gasteiger partial charge is 0.378 e. The molecule has 0 spiro atoms. The first-order chi connectivity index (χ1) is 11.9. The minimum Gasteiger partial charge on any atom is -0.378 e. The molecule has 0 radical (unpaired) electrons. The number of carbonyl (C=O) groups is 3. The lowest BCUT2D eigenvalue weighted by atomic mass is 10.1. The molecule has 0 saturated carbocycles. The SMILES string of the molecule is C[C@H](C(=O)Nc1ccc(N(C)C)cc1)N1C(=O)c2ccccc2C1=O. The molecule has 1 aliphatic rings. The summed E-state index contributed by atoms with van der Waals surface area (Å²) in [5.41, 5.74) is 2.29. The lowest BCUT2D eigenvalue weighted by molar-refractivity contribution is -0.119. The van der Waals surface area contributed by atoms with Crippen LogP contribution < -0.4 is 10.2 Å². The molecule has 1 aliphatic heterocycles. The summed E-state index contributed by atoms with van der Waals surface area (Å²) >= 11 is 0. The fourth-order valence-electron chi connectivity index (χ4n) is 2.77. The van der Waals surface area contributed by atoms with Crippen LogP contribution in [0.25, 0.3) is 0 Å². The van der Waals surface area contributed by atoms with Crippen molar-refractivity contribution in [3.8, 4) is 0 Å². The minimum atomic E-state index is -0.902. The maximum absolute atomic E-state index is 12.5. The Morgan fingerprint density at radius 3 is 1.96 bits per heavy atom. The molecule has 0 saturated heterocycles. The van der Waals surface area contributed by atoms with E-state index >= 15 is 0 Å². The molecule has 0 unspecified atom stereocenters. The van der Waals surface area contributed by atoms with Gasteiger partial charge in [0.2, 0.25) is 5.91 Å². The van der Waals surface area contributed by atoms with E-state index in [9.17, 15) is 14.4 Å². The van der Waals surface area contributed by atoms with Crippen molar-refractivity contribution >= 4 is 29.1 Å². The zero-order chi connectivity index (χ0) is 18.1. The van der Waals surface area contributed by atoms with Gasteiger partial charge in [-0.05, 0) is 43.3 Å². The monoisotopic (exact) mass is 337 g/mol. The number of carbonyl (C=O) groups excluding carboxylic acids is 3. The minimum absolute atomic E-state index is 0.336. The van der Waals surface area contributed by atoms with E-state index in [0.717, 1.165) is 10.6 Å². The van der Waals surface area contributed by atoms with Gasteiger partial charge < -0.3 is 10.2 Å². The smallest absolute Gasteiger partial charge is 0.262 e. The van der Waals surface area contributed by atoms with E-state index < -0.39 is 23.8 Å². The van der Waals surface area contributed by atoms with Crippen LogP contribution >= 0.6 is 0 Å². The van der Waals surface area contributed by atoms with Crippen LogP contribution in [0.2, 0.25) is 0 Å². The standard InChI is InChI=1S/C19H19N3O3/c1-12(17(23)20-13-8-10-14(11-9-13)21(2)3)22-18(24)15-6-4-5-7-16(15)19(22)25/h4-12H,1-3H3,(H,20,23)/t12-/m1/s1. The molecule has 6 nitrogen and oxygen atoms in total. The van der Waals surface area contributed by atoms with Crippen LogP contribution in [0.15, 0.2) is 48.5 Å². The number of anilines is 2. The molecule has 6 heteroatoms. The summed E-state index contributed by atoms with van der Waals surface area (Å²) in [5, 5.41) is 2.75. The van der Waals surface area contributed by atoms with Gasteiger partial charge in [0.15, 0.2) is 0 Å². The average Bonchev–Trinajstić information content (AvgIpc) is 2.86. The Morgan fingerprint density at radius 2 is 1.48 bits per heavy atom. The quantitative estimate of drug-likeness (QED) is 0.870. The van der Waals surface area contributed by atoms with Crippen LogP contribution in [0, 0.1) is 0 Å². The first-order valence-electron chi connectivity index (χ1n) is 7.95. The molecule has 0 fully saturated rings. The summed E-state index contributed by atoms with van der Waals surface area (Å²) in [6.45, 7) is 1.55. The third-order valence-corrected chi connectivity index (χ3v) is 4.24. The molecule has 1 N–H and O–H groups in total. The molecule has 2 aromatic carbocycles. The maximum atomic E-state index is 12.5. The van der Waals surface area contributed by atoms with Gasteiger partial charge >= 0.3 is 0 Å². The number of fused-ring (bicyclic) bond motifs is 1. The van der Waals surface area contributed by atoms with Crippen LogP contribution in [0.1, 0.15) is 27.6 Å². The molecule has 128 valence electrons. The fourth-order valence-corrected chi connectivity index (χ4v) is 2.77. The molecule has 2 aromatic rings. The third-order valence-electron chi connectivity index (χ3n) is 4.24. The van der Waals surface area contributed by atoms with Crippen LogP contribution in [0.4, 0.5) is 11.4 Å². The van der Waals surface area contributed by atoms with Crippen molar-refractivity contribution in [3.63, 3.8) is 0 Å². The van der Waals surface area contributed by atoms with Gasteiger partial charge in [0.25, 0.3) is 11.8 Å². The van der Waals surface area contributed by atoms with Gasteiger partial charge in [0.1, 0.15) is 6.04 Å². The number of hydrogen-bond acceptors (Lipinski definition) is 4. The molecule has 0 bridgehead atoms. The lowest BCUT2D eigenvalue weighted by Gasteiger charge is -2.22. The second-order valence-electron chi connectivity index (χ2n) is 6.13. The topological polar surface area (TPSA) is 69.7 Å². The van der Waals surface area contributed by atoms with Crippen molar-refractivity contribution < 1.29 is 14.4 Å². The highest BCUT2D eigenvalue weighted by atomic mass is 16.2. The summed E-state index contributed by atoms with van der Waals surface area (Å²) in [6.07, 6.45) is 0. The van der Waals surface area contributed by atoms with E-state index in [0.29, 0.717) is 16.8 Å². The van der Waals surface area contributed by atoms with Crippen LogP contribution in [-0.2, 0) is 4.79 Å². The van der Waals surface area contributed by atoms with Gasteiger partial charge in [0, 0.05) is 25.5 Å².